The van der Waals surface area contributed by atoms with E-state index in [9.17, 15) is 4.79 Å². The fraction of sp³-hybridized carbons (Fsp3) is 0.0870. The van der Waals surface area contributed by atoms with Crippen molar-refractivity contribution >= 4 is 5.91 Å². The van der Waals surface area contributed by atoms with Gasteiger partial charge in [-0.2, -0.15) is 0 Å². The zero-order valence-electron chi connectivity index (χ0n) is 14.5. The van der Waals surface area contributed by atoms with Crippen LogP contribution in [0.2, 0.25) is 0 Å². The summed E-state index contributed by atoms with van der Waals surface area (Å²) in [5, 5.41) is 1.41. The van der Waals surface area contributed by atoms with Crippen LogP contribution in [0.4, 0.5) is 0 Å². The zero-order valence-corrected chi connectivity index (χ0v) is 14.5. The molecule has 0 aliphatic rings. The quantitative estimate of drug-likeness (QED) is 0.436. The Morgan fingerprint density at radius 1 is 0.885 bits per heavy atom. The summed E-state index contributed by atoms with van der Waals surface area (Å²) in [6, 6.07) is 28.3. The molecule has 3 aromatic rings. The van der Waals surface area contributed by atoms with Gasteiger partial charge in [-0.25, -0.2) is 5.06 Å². The third-order valence-corrected chi connectivity index (χ3v) is 4.05. The van der Waals surface area contributed by atoms with E-state index in [0.717, 1.165) is 11.1 Å². The second-order valence-corrected chi connectivity index (χ2v) is 5.85. The van der Waals surface area contributed by atoms with Crippen LogP contribution in [0.15, 0.2) is 104 Å². The van der Waals surface area contributed by atoms with E-state index in [1.165, 1.54) is 5.06 Å². The number of rotatable bonds is 7. The molecule has 3 rings (SSSR count). The molecule has 0 fully saturated rings. The van der Waals surface area contributed by atoms with Gasteiger partial charge >= 0.3 is 0 Å². The number of nitrogens with zero attached hydrogens (tertiary/aromatic N) is 1. The Morgan fingerprint density at radius 2 is 1.42 bits per heavy atom. The first-order valence-electron chi connectivity index (χ1n) is 8.52. The van der Waals surface area contributed by atoms with Crippen molar-refractivity contribution in [3.63, 3.8) is 0 Å². The van der Waals surface area contributed by atoms with Gasteiger partial charge in [-0.05, 0) is 23.3 Å². The van der Waals surface area contributed by atoms with Crippen LogP contribution in [-0.2, 0) is 11.4 Å². The molecule has 3 heteroatoms. The summed E-state index contributed by atoms with van der Waals surface area (Å²) in [5.41, 5.74) is 2.51. The standard InChI is InChI=1S/C23H21NO2/c1-2-22(20-14-8-4-9-15-20)24(23(25)21-16-10-5-11-17-21)26-18-19-12-6-3-7-13-19/h2-17,22H,1,18H2/t22-/m1/s1. The number of benzene rings is 3. The van der Waals surface area contributed by atoms with E-state index in [0.29, 0.717) is 12.2 Å². The summed E-state index contributed by atoms with van der Waals surface area (Å²) < 4.78 is 0. The fourth-order valence-corrected chi connectivity index (χ4v) is 2.71. The highest BCUT2D eigenvalue weighted by Gasteiger charge is 2.25. The highest BCUT2D eigenvalue weighted by molar-refractivity contribution is 5.93. The Hall–Kier alpha value is -3.17. The monoisotopic (exact) mass is 343 g/mol. The first-order valence-corrected chi connectivity index (χ1v) is 8.52. The molecule has 0 radical (unpaired) electrons. The molecule has 1 amide bonds. The molecular weight excluding hydrogens is 322 g/mol. The molecule has 0 saturated carbocycles. The van der Waals surface area contributed by atoms with Crippen LogP contribution in [0.5, 0.6) is 0 Å². The largest absolute Gasteiger partial charge is 0.278 e. The lowest BCUT2D eigenvalue weighted by Gasteiger charge is -2.29. The van der Waals surface area contributed by atoms with Crippen molar-refractivity contribution in [2.45, 2.75) is 12.6 Å². The highest BCUT2D eigenvalue weighted by Crippen LogP contribution is 2.25. The predicted molar refractivity (Wildman–Crippen MR) is 103 cm³/mol. The van der Waals surface area contributed by atoms with Gasteiger partial charge in [-0.15, -0.1) is 6.58 Å². The van der Waals surface area contributed by atoms with E-state index >= 15 is 0 Å². The maximum atomic E-state index is 13.1. The van der Waals surface area contributed by atoms with E-state index < -0.39 is 0 Å². The molecule has 0 heterocycles. The predicted octanol–water partition coefficient (Wildman–Crippen LogP) is 5.19. The van der Waals surface area contributed by atoms with Crippen LogP contribution in [0.25, 0.3) is 0 Å². The molecule has 3 nitrogen and oxygen atoms in total. The average molecular weight is 343 g/mol. The average Bonchev–Trinajstić information content (AvgIpc) is 2.72. The molecule has 1 atom stereocenters. The van der Waals surface area contributed by atoms with E-state index in [1.54, 1.807) is 18.2 Å². The van der Waals surface area contributed by atoms with Gasteiger partial charge in [-0.1, -0.05) is 84.9 Å². The number of hydrogen-bond donors (Lipinski definition) is 0. The molecule has 0 saturated heterocycles. The van der Waals surface area contributed by atoms with Gasteiger partial charge in [0.25, 0.3) is 5.91 Å². The van der Waals surface area contributed by atoms with Crippen molar-refractivity contribution in [1.29, 1.82) is 0 Å². The summed E-state index contributed by atoms with van der Waals surface area (Å²) in [6.45, 7) is 4.22. The maximum Gasteiger partial charge on any atom is 0.278 e. The van der Waals surface area contributed by atoms with Crippen LogP contribution in [0, 0.1) is 0 Å². The molecule has 130 valence electrons. The van der Waals surface area contributed by atoms with Crippen LogP contribution in [0.3, 0.4) is 0 Å². The molecule has 0 aromatic heterocycles. The van der Waals surface area contributed by atoms with Gasteiger partial charge in [-0.3, -0.25) is 9.63 Å². The topological polar surface area (TPSA) is 29.5 Å². The lowest BCUT2D eigenvalue weighted by Crippen LogP contribution is -2.34. The summed E-state index contributed by atoms with van der Waals surface area (Å²) in [7, 11) is 0. The Balaban J connectivity index is 1.89. The normalized spacial score (nSPS) is 11.5. The number of amides is 1. The molecule has 0 aliphatic carbocycles. The molecular formula is C23H21NO2. The Labute approximate surface area is 154 Å². The second-order valence-electron chi connectivity index (χ2n) is 5.85. The van der Waals surface area contributed by atoms with Crippen molar-refractivity contribution in [3.05, 3.63) is 120 Å². The lowest BCUT2D eigenvalue weighted by molar-refractivity contribution is -0.150. The van der Waals surface area contributed by atoms with E-state index in [2.05, 4.69) is 6.58 Å². The van der Waals surface area contributed by atoms with Gasteiger partial charge < -0.3 is 0 Å². The summed E-state index contributed by atoms with van der Waals surface area (Å²) in [6.07, 6.45) is 1.72. The van der Waals surface area contributed by atoms with Crippen molar-refractivity contribution in [2.24, 2.45) is 0 Å². The van der Waals surface area contributed by atoms with Crippen molar-refractivity contribution < 1.29 is 9.63 Å². The van der Waals surface area contributed by atoms with Gasteiger partial charge in [0.1, 0.15) is 12.6 Å². The van der Waals surface area contributed by atoms with E-state index in [4.69, 9.17) is 4.84 Å². The van der Waals surface area contributed by atoms with E-state index in [1.807, 2.05) is 78.9 Å². The summed E-state index contributed by atoms with van der Waals surface area (Å²) in [4.78, 5) is 19.1. The molecule has 0 unspecified atom stereocenters. The summed E-state index contributed by atoms with van der Waals surface area (Å²) >= 11 is 0. The van der Waals surface area contributed by atoms with Gasteiger partial charge in [0.05, 0.1) is 0 Å². The molecule has 26 heavy (non-hydrogen) atoms. The summed E-state index contributed by atoms with van der Waals surface area (Å²) in [5.74, 6) is -0.199. The fourth-order valence-electron chi connectivity index (χ4n) is 2.71. The Morgan fingerprint density at radius 3 is 2.00 bits per heavy atom. The highest BCUT2D eigenvalue weighted by atomic mass is 16.7. The molecule has 3 aromatic carbocycles. The van der Waals surface area contributed by atoms with Gasteiger partial charge in [0.2, 0.25) is 0 Å². The number of hydrogen-bond acceptors (Lipinski definition) is 2. The first-order chi connectivity index (χ1) is 12.8. The van der Waals surface area contributed by atoms with Crippen LogP contribution >= 0.6 is 0 Å². The van der Waals surface area contributed by atoms with Gasteiger partial charge in [0, 0.05) is 5.56 Å². The smallest absolute Gasteiger partial charge is 0.267 e. The minimum atomic E-state index is -0.382. The first kappa shape index (κ1) is 17.6. The minimum Gasteiger partial charge on any atom is -0.267 e. The minimum absolute atomic E-state index is 0.199. The molecule has 0 aliphatic heterocycles. The molecule has 0 bridgehead atoms. The SMILES string of the molecule is C=C[C@H](c1ccccc1)N(OCc1ccccc1)C(=O)c1ccccc1. The zero-order chi connectivity index (χ0) is 18.2. The van der Waals surface area contributed by atoms with E-state index in [-0.39, 0.29) is 11.9 Å². The van der Waals surface area contributed by atoms with Crippen molar-refractivity contribution in [2.75, 3.05) is 0 Å². The molecule has 0 spiro atoms. The van der Waals surface area contributed by atoms with Crippen LogP contribution < -0.4 is 0 Å². The number of carbonyl (C=O) groups is 1. The Kier molecular flexibility index (Phi) is 5.96. The lowest BCUT2D eigenvalue weighted by atomic mass is 10.1. The Bertz CT molecular complexity index is 832. The maximum absolute atomic E-state index is 13.1. The molecule has 0 N–H and O–H groups in total. The van der Waals surface area contributed by atoms with Crippen molar-refractivity contribution in [1.82, 2.24) is 5.06 Å². The number of hydroxylamine groups is 2. The number of carbonyl (C=O) groups excluding carboxylic acids is 1. The third-order valence-electron chi connectivity index (χ3n) is 4.05. The third kappa shape index (κ3) is 4.26. The van der Waals surface area contributed by atoms with Gasteiger partial charge in [0.15, 0.2) is 0 Å². The van der Waals surface area contributed by atoms with Crippen LogP contribution in [0.1, 0.15) is 27.5 Å². The van der Waals surface area contributed by atoms with Crippen LogP contribution in [-0.4, -0.2) is 11.0 Å². The van der Waals surface area contributed by atoms with Crippen molar-refractivity contribution in [3.8, 4) is 0 Å². The second kappa shape index (κ2) is 8.79.